The number of anilines is 1. The van der Waals surface area contributed by atoms with Crippen LogP contribution >= 0.6 is 0 Å². The molecule has 1 aliphatic heterocycles. The molecule has 0 aliphatic carbocycles. The summed E-state index contributed by atoms with van der Waals surface area (Å²) in [5.41, 5.74) is 2.76. The molecule has 1 amide bonds. The number of ether oxygens (including phenoxy) is 1. The van der Waals surface area contributed by atoms with Crippen LogP contribution < -0.4 is 5.32 Å². The van der Waals surface area contributed by atoms with Gasteiger partial charge in [0.15, 0.2) is 0 Å². The summed E-state index contributed by atoms with van der Waals surface area (Å²) in [4.78, 5) is 14.5. The Morgan fingerprint density at radius 1 is 1.29 bits per heavy atom. The maximum atomic E-state index is 12.3. The molecule has 0 radical (unpaired) electrons. The number of carbonyl (C=O) groups is 1. The van der Waals surface area contributed by atoms with Crippen LogP contribution in [0.2, 0.25) is 0 Å². The lowest BCUT2D eigenvalue weighted by Gasteiger charge is -2.30. The molecule has 0 spiro atoms. The number of nitrogens with one attached hydrogen (secondary N) is 1. The predicted molar refractivity (Wildman–Crippen MR) is 91.7 cm³/mol. The van der Waals surface area contributed by atoms with Gasteiger partial charge >= 0.3 is 0 Å². The van der Waals surface area contributed by atoms with Gasteiger partial charge in [0.1, 0.15) is 0 Å². The average molecular weight is 321 g/mol. The topological polar surface area (TPSA) is 65.4 Å². The fraction of sp³-hybridized carbons (Fsp3) is 0.263. The number of hydrogen-bond acceptors (Lipinski definition) is 4. The number of benzene rings is 2. The second-order valence-corrected chi connectivity index (χ2v) is 5.89. The number of carbonyl (C=O) groups excluding carboxylic acids is 1. The summed E-state index contributed by atoms with van der Waals surface area (Å²) in [5, 5.41) is 11.8. The number of nitrogens with zero attached hydrogens (tertiary/aromatic N) is 2. The third kappa shape index (κ3) is 3.80. The van der Waals surface area contributed by atoms with Crippen molar-refractivity contribution in [1.82, 2.24) is 4.90 Å². The minimum atomic E-state index is -0.228. The first-order chi connectivity index (χ1) is 11.7. The van der Waals surface area contributed by atoms with Crippen molar-refractivity contribution in [3.8, 4) is 6.07 Å². The van der Waals surface area contributed by atoms with Crippen LogP contribution in [0.15, 0.2) is 48.5 Å². The van der Waals surface area contributed by atoms with Crippen LogP contribution in [0, 0.1) is 11.3 Å². The molecule has 1 saturated heterocycles. The van der Waals surface area contributed by atoms with Gasteiger partial charge in [-0.1, -0.05) is 18.2 Å². The highest BCUT2D eigenvalue weighted by Gasteiger charge is 2.19. The van der Waals surface area contributed by atoms with E-state index in [0.717, 1.165) is 30.9 Å². The highest BCUT2D eigenvalue weighted by Crippen LogP contribution is 2.23. The van der Waals surface area contributed by atoms with Gasteiger partial charge < -0.3 is 15.0 Å². The van der Waals surface area contributed by atoms with Gasteiger partial charge in [-0.3, -0.25) is 4.79 Å². The second-order valence-electron chi connectivity index (χ2n) is 5.89. The smallest absolute Gasteiger partial charge is 0.255 e. The fourth-order valence-electron chi connectivity index (χ4n) is 2.69. The summed E-state index contributed by atoms with van der Waals surface area (Å²) in [6, 6.07) is 16.4. The van der Waals surface area contributed by atoms with Gasteiger partial charge in [-0.15, -0.1) is 0 Å². The van der Waals surface area contributed by atoms with Crippen molar-refractivity contribution in [2.75, 3.05) is 32.1 Å². The first-order valence-electron chi connectivity index (χ1n) is 7.87. The molecular formula is C19H19N3O2. The van der Waals surface area contributed by atoms with Crippen LogP contribution in [0.3, 0.4) is 0 Å². The fourth-order valence-corrected chi connectivity index (χ4v) is 2.69. The molecule has 122 valence electrons. The van der Waals surface area contributed by atoms with Gasteiger partial charge in [-0.25, -0.2) is 0 Å². The summed E-state index contributed by atoms with van der Waals surface area (Å²) < 4.78 is 5.79. The first-order valence-corrected chi connectivity index (χ1v) is 7.87. The molecule has 5 nitrogen and oxygen atoms in total. The molecule has 5 heteroatoms. The molecule has 1 fully saturated rings. The van der Waals surface area contributed by atoms with Crippen molar-refractivity contribution in [3.05, 3.63) is 65.2 Å². The van der Waals surface area contributed by atoms with Crippen molar-refractivity contribution in [2.24, 2.45) is 0 Å². The third-order valence-corrected chi connectivity index (χ3v) is 4.06. The number of likely N-dealkylation sites (N-methyl/N-ethyl adjacent to an activating group) is 1. The van der Waals surface area contributed by atoms with Crippen LogP contribution in [0.1, 0.15) is 27.6 Å². The Morgan fingerprint density at radius 3 is 2.79 bits per heavy atom. The number of morpholine rings is 1. The molecule has 1 unspecified atom stereocenters. The van der Waals surface area contributed by atoms with Crippen LogP contribution in [0.4, 0.5) is 5.69 Å². The number of rotatable bonds is 3. The van der Waals surface area contributed by atoms with E-state index in [2.05, 4.69) is 17.3 Å². The maximum Gasteiger partial charge on any atom is 0.255 e. The van der Waals surface area contributed by atoms with E-state index in [9.17, 15) is 4.79 Å². The van der Waals surface area contributed by atoms with Gasteiger partial charge in [0.25, 0.3) is 5.91 Å². The zero-order chi connectivity index (χ0) is 16.9. The van der Waals surface area contributed by atoms with Gasteiger partial charge in [-0.05, 0) is 42.9 Å². The average Bonchev–Trinajstić information content (AvgIpc) is 2.62. The monoisotopic (exact) mass is 321 g/mol. The minimum absolute atomic E-state index is 0.0702. The molecule has 0 saturated carbocycles. The highest BCUT2D eigenvalue weighted by molar-refractivity contribution is 6.04. The maximum absolute atomic E-state index is 12.3. The lowest BCUT2D eigenvalue weighted by atomic mass is 10.1. The van der Waals surface area contributed by atoms with E-state index in [-0.39, 0.29) is 12.0 Å². The van der Waals surface area contributed by atoms with E-state index >= 15 is 0 Å². The molecular weight excluding hydrogens is 302 g/mol. The van der Waals surface area contributed by atoms with Crippen molar-refractivity contribution in [2.45, 2.75) is 6.10 Å². The Hall–Kier alpha value is -2.68. The molecule has 1 atom stereocenters. The Kier molecular flexibility index (Phi) is 4.90. The van der Waals surface area contributed by atoms with Gasteiger partial charge in [-0.2, -0.15) is 5.26 Å². The van der Waals surface area contributed by atoms with E-state index in [0.29, 0.717) is 11.1 Å². The largest absolute Gasteiger partial charge is 0.371 e. The number of hydrogen-bond donors (Lipinski definition) is 1. The summed E-state index contributed by atoms with van der Waals surface area (Å²) in [5.74, 6) is -0.228. The van der Waals surface area contributed by atoms with E-state index in [1.54, 1.807) is 24.3 Å². The molecule has 1 heterocycles. The number of nitriles is 1. The Labute approximate surface area is 141 Å². The molecule has 0 aromatic heterocycles. The quantitative estimate of drug-likeness (QED) is 0.944. The Bertz CT molecular complexity index is 765. The second kappa shape index (κ2) is 7.26. The molecule has 2 aromatic rings. The molecule has 24 heavy (non-hydrogen) atoms. The normalized spacial score (nSPS) is 17.9. The van der Waals surface area contributed by atoms with Crippen molar-refractivity contribution < 1.29 is 9.53 Å². The summed E-state index contributed by atoms with van der Waals surface area (Å²) in [7, 11) is 2.08. The zero-order valence-electron chi connectivity index (χ0n) is 13.5. The zero-order valence-corrected chi connectivity index (χ0v) is 13.5. The summed E-state index contributed by atoms with van der Waals surface area (Å²) in [6.07, 6.45) is 0.0702. The molecule has 1 aliphatic rings. The first kappa shape index (κ1) is 16.2. The molecule has 0 bridgehead atoms. The molecule has 1 N–H and O–H groups in total. The van der Waals surface area contributed by atoms with Crippen LogP contribution in [0.25, 0.3) is 0 Å². The lowest BCUT2D eigenvalue weighted by molar-refractivity contribution is -0.0208. The predicted octanol–water partition coefficient (Wildman–Crippen LogP) is 2.81. The third-order valence-electron chi connectivity index (χ3n) is 4.06. The summed E-state index contributed by atoms with van der Waals surface area (Å²) in [6.45, 7) is 2.55. The Morgan fingerprint density at radius 2 is 2.08 bits per heavy atom. The Balaban J connectivity index is 1.67. The van der Waals surface area contributed by atoms with Gasteiger partial charge in [0, 0.05) is 24.3 Å². The van der Waals surface area contributed by atoms with E-state index in [4.69, 9.17) is 10.00 Å². The molecule has 3 rings (SSSR count). The van der Waals surface area contributed by atoms with Gasteiger partial charge in [0.05, 0.1) is 24.3 Å². The summed E-state index contributed by atoms with van der Waals surface area (Å²) >= 11 is 0. The van der Waals surface area contributed by atoms with Crippen LogP contribution in [-0.2, 0) is 4.74 Å². The lowest BCUT2D eigenvalue weighted by Crippen LogP contribution is -2.35. The SMILES string of the molecule is CN1CCOC(c2ccc(NC(=O)c3cccc(C#N)c3)cc2)C1. The number of amides is 1. The molecule has 2 aromatic carbocycles. The van der Waals surface area contributed by atoms with Gasteiger partial charge in [0.2, 0.25) is 0 Å². The highest BCUT2D eigenvalue weighted by atomic mass is 16.5. The minimum Gasteiger partial charge on any atom is -0.371 e. The van der Waals surface area contributed by atoms with Crippen molar-refractivity contribution >= 4 is 11.6 Å². The van der Waals surface area contributed by atoms with E-state index in [1.165, 1.54) is 0 Å². The van der Waals surface area contributed by atoms with E-state index < -0.39 is 0 Å². The van der Waals surface area contributed by atoms with E-state index in [1.807, 2.05) is 30.3 Å². The van der Waals surface area contributed by atoms with Crippen molar-refractivity contribution in [3.63, 3.8) is 0 Å². The standard InChI is InChI=1S/C19H19N3O2/c1-22-9-10-24-18(13-22)15-5-7-17(8-6-15)21-19(23)16-4-2-3-14(11-16)12-20/h2-8,11,18H,9-10,13H2,1H3,(H,21,23). The van der Waals surface area contributed by atoms with Crippen LogP contribution in [0.5, 0.6) is 0 Å². The van der Waals surface area contributed by atoms with Crippen LogP contribution in [-0.4, -0.2) is 37.6 Å². The van der Waals surface area contributed by atoms with Crippen molar-refractivity contribution in [1.29, 1.82) is 5.26 Å².